The fraction of sp³-hybridized carbons (Fsp3) is 0.227. The number of hydrogen-bond acceptors (Lipinski definition) is 6. The van der Waals surface area contributed by atoms with Crippen molar-refractivity contribution in [2.75, 3.05) is 27.4 Å². The lowest BCUT2D eigenvalue weighted by molar-refractivity contribution is -0.143. The molecule has 2 N–H and O–H groups in total. The maximum Gasteiger partial charge on any atom is 0.325 e. The minimum Gasteiger partial charge on any atom is -0.497 e. The number of benzene rings is 2. The van der Waals surface area contributed by atoms with E-state index >= 15 is 0 Å². The number of Topliss-reactive ketones (excluding diaryl/α,β-unsaturated/α-hetero) is 1. The third kappa shape index (κ3) is 4.64. The molecule has 31 heavy (non-hydrogen) atoms. The summed E-state index contributed by atoms with van der Waals surface area (Å²) in [5.41, 5.74) is 1.72. The van der Waals surface area contributed by atoms with Gasteiger partial charge in [-0.2, -0.15) is 0 Å². The molecule has 1 heterocycles. The Hall–Kier alpha value is -3.52. The van der Waals surface area contributed by atoms with E-state index in [0.29, 0.717) is 38.6 Å². The quantitative estimate of drug-likeness (QED) is 0.313. The second-order valence-electron chi connectivity index (χ2n) is 6.45. The number of fused-ring (bicyclic) bond motifs is 1. The summed E-state index contributed by atoms with van der Waals surface area (Å²) < 4.78 is 15.6. The van der Waals surface area contributed by atoms with Crippen molar-refractivity contribution in [3.05, 3.63) is 47.1 Å². The van der Waals surface area contributed by atoms with E-state index < -0.39 is 24.2 Å². The predicted molar refractivity (Wildman–Crippen MR) is 116 cm³/mol. The van der Waals surface area contributed by atoms with Gasteiger partial charge in [0, 0.05) is 22.7 Å². The molecule has 162 valence electrons. The van der Waals surface area contributed by atoms with Gasteiger partial charge in [-0.25, -0.2) is 0 Å². The monoisotopic (exact) mass is 444 g/mol. The number of esters is 1. The molecule has 0 aliphatic carbocycles. The number of carbonyl (C=O) groups excluding carboxylic acids is 3. The molecular formula is C22H21ClN2O6. The van der Waals surface area contributed by atoms with Crippen LogP contribution in [-0.4, -0.2) is 50.0 Å². The van der Waals surface area contributed by atoms with Crippen LogP contribution in [-0.2, 0) is 14.3 Å². The highest BCUT2D eigenvalue weighted by Crippen LogP contribution is 2.41. The lowest BCUT2D eigenvalue weighted by atomic mass is 9.99. The van der Waals surface area contributed by atoms with Crippen molar-refractivity contribution in [1.29, 1.82) is 0 Å². The summed E-state index contributed by atoms with van der Waals surface area (Å²) in [5, 5.41) is 3.42. The molecule has 1 amide bonds. The lowest BCUT2D eigenvalue weighted by Crippen LogP contribution is -2.36. The second kappa shape index (κ2) is 9.53. The van der Waals surface area contributed by atoms with Crippen LogP contribution in [0.2, 0.25) is 5.02 Å². The Morgan fingerprint density at radius 3 is 2.39 bits per heavy atom. The number of aromatic nitrogens is 1. The Balaban J connectivity index is 2.12. The average Bonchev–Trinajstić information content (AvgIpc) is 3.16. The Morgan fingerprint density at radius 2 is 1.77 bits per heavy atom. The molecule has 1 aromatic heterocycles. The summed E-state index contributed by atoms with van der Waals surface area (Å²) in [5.74, 6) is -1.45. The second-order valence-corrected chi connectivity index (χ2v) is 6.89. The number of carbonyl (C=O) groups is 3. The van der Waals surface area contributed by atoms with Crippen LogP contribution in [0.3, 0.4) is 0 Å². The number of H-pyrrole nitrogens is 1. The first-order chi connectivity index (χ1) is 14.9. The molecule has 2 aromatic carbocycles. The molecule has 0 atom stereocenters. The summed E-state index contributed by atoms with van der Waals surface area (Å²) in [7, 11) is 3.01. The smallest absolute Gasteiger partial charge is 0.325 e. The highest BCUT2D eigenvalue weighted by molar-refractivity contribution is 6.44. The minimum atomic E-state index is -0.944. The van der Waals surface area contributed by atoms with Gasteiger partial charge in [0.2, 0.25) is 0 Å². The molecule has 0 fully saturated rings. The first-order valence-electron chi connectivity index (χ1n) is 9.41. The third-order valence-electron chi connectivity index (χ3n) is 4.56. The maximum atomic E-state index is 13.0. The Morgan fingerprint density at radius 1 is 1.06 bits per heavy atom. The van der Waals surface area contributed by atoms with E-state index in [4.69, 9.17) is 25.8 Å². The van der Waals surface area contributed by atoms with E-state index in [9.17, 15) is 14.4 Å². The first-order valence-corrected chi connectivity index (χ1v) is 9.79. The van der Waals surface area contributed by atoms with Gasteiger partial charge in [-0.05, 0) is 24.6 Å². The number of rotatable bonds is 8. The summed E-state index contributed by atoms with van der Waals surface area (Å²) in [4.78, 5) is 40.0. The zero-order chi connectivity index (χ0) is 22.5. The SMILES string of the molecule is CCOC(=O)CNC(=O)C(=O)c1[nH]c2cc(OC)cc(OC)c2c1-c1ccc(Cl)cc1. The van der Waals surface area contributed by atoms with Gasteiger partial charge in [-0.1, -0.05) is 23.7 Å². The van der Waals surface area contributed by atoms with Crippen molar-refractivity contribution >= 4 is 40.2 Å². The number of hydrogen-bond donors (Lipinski definition) is 2. The van der Waals surface area contributed by atoms with E-state index in [2.05, 4.69) is 10.3 Å². The van der Waals surface area contributed by atoms with E-state index in [1.54, 1.807) is 43.3 Å². The van der Waals surface area contributed by atoms with Gasteiger partial charge in [0.25, 0.3) is 11.7 Å². The van der Waals surface area contributed by atoms with Crippen LogP contribution >= 0.6 is 11.6 Å². The topological polar surface area (TPSA) is 107 Å². The molecule has 9 heteroatoms. The molecule has 3 aromatic rings. The zero-order valence-electron chi connectivity index (χ0n) is 17.2. The average molecular weight is 445 g/mol. The Labute approximate surface area is 183 Å². The van der Waals surface area contributed by atoms with E-state index in [-0.39, 0.29) is 12.3 Å². The molecule has 3 rings (SSSR count). The van der Waals surface area contributed by atoms with Crippen LogP contribution in [0.25, 0.3) is 22.0 Å². The lowest BCUT2D eigenvalue weighted by Gasteiger charge is -2.09. The van der Waals surface area contributed by atoms with Crippen LogP contribution < -0.4 is 14.8 Å². The van der Waals surface area contributed by atoms with Gasteiger partial charge >= 0.3 is 5.97 Å². The molecule has 0 saturated carbocycles. The normalized spacial score (nSPS) is 10.6. The highest BCUT2D eigenvalue weighted by atomic mass is 35.5. The van der Waals surface area contributed by atoms with Gasteiger partial charge in [-0.3, -0.25) is 14.4 Å². The maximum absolute atomic E-state index is 13.0. The van der Waals surface area contributed by atoms with E-state index in [1.807, 2.05) is 0 Å². The number of methoxy groups -OCH3 is 2. The fourth-order valence-corrected chi connectivity index (χ4v) is 3.31. The molecule has 0 spiro atoms. The van der Waals surface area contributed by atoms with Crippen molar-refractivity contribution < 1.29 is 28.6 Å². The summed E-state index contributed by atoms with van der Waals surface area (Å²) in [6.45, 7) is 1.41. The molecule has 8 nitrogen and oxygen atoms in total. The first kappa shape index (κ1) is 22.2. The van der Waals surface area contributed by atoms with Gasteiger partial charge in [0.1, 0.15) is 23.7 Å². The van der Waals surface area contributed by atoms with Gasteiger partial charge in [0.15, 0.2) is 0 Å². The van der Waals surface area contributed by atoms with Crippen molar-refractivity contribution in [1.82, 2.24) is 10.3 Å². The molecule has 0 saturated heterocycles. The summed E-state index contributed by atoms with van der Waals surface area (Å²) in [6.07, 6.45) is 0. The molecule has 0 bridgehead atoms. The van der Waals surface area contributed by atoms with Gasteiger partial charge in [0.05, 0.1) is 31.7 Å². The summed E-state index contributed by atoms with van der Waals surface area (Å²) in [6, 6.07) is 10.2. The zero-order valence-corrected chi connectivity index (χ0v) is 18.0. The largest absolute Gasteiger partial charge is 0.497 e. The molecular weight excluding hydrogens is 424 g/mol. The van der Waals surface area contributed by atoms with Gasteiger partial charge in [-0.15, -0.1) is 0 Å². The molecule has 0 radical (unpaired) electrons. The van der Waals surface area contributed by atoms with Crippen LogP contribution in [0.5, 0.6) is 11.5 Å². The van der Waals surface area contributed by atoms with Gasteiger partial charge < -0.3 is 24.5 Å². The fourth-order valence-electron chi connectivity index (χ4n) is 3.18. The Bertz CT molecular complexity index is 1140. The number of ketones is 1. The Kier molecular flexibility index (Phi) is 6.81. The minimum absolute atomic E-state index is 0.0465. The summed E-state index contributed by atoms with van der Waals surface area (Å²) >= 11 is 6.01. The number of aromatic amines is 1. The van der Waals surface area contributed by atoms with Crippen molar-refractivity contribution in [3.8, 4) is 22.6 Å². The van der Waals surface area contributed by atoms with Crippen molar-refractivity contribution in [2.45, 2.75) is 6.92 Å². The van der Waals surface area contributed by atoms with Crippen LogP contribution in [0.15, 0.2) is 36.4 Å². The molecule has 0 aliphatic heterocycles. The van der Waals surface area contributed by atoms with Crippen molar-refractivity contribution in [3.63, 3.8) is 0 Å². The van der Waals surface area contributed by atoms with Crippen LogP contribution in [0, 0.1) is 0 Å². The third-order valence-corrected chi connectivity index (χ3v) is 4.81. The number of ether oxygens (including phenoxy) is 3. The number of halogens is 1. The van der Waals surface area contributed by atoms with Crippen molar-refractivity contribution in [2.24, 2.45) is 0 Å². The number of amides is 1. The van der Waals surface area contributed by atoms with Crippen LogP contribution in [0.4, 0.5) is 0 Å². The number of nitrogens with one attached hydrogen (secondary N) is 2. The molecule has 0 aliphatic rings. The van der Waals surface area contributed by atoms with E-state index in [0.717, 1.165) is 0 Å². The molecule has 0 unspecified atom stereocenters. The van der Waals surface area contributed by atoms with E-state index in [1.165, 1.54) is 14.2 Å². The van der Waals surface area contributed by atoms with Crippen LogP contribution in [0.1, 0.15) is 17.4 Å². The predicted octanol–water partition coefficient (Wildman–Crippen LogP) is 3.37. The highest BCUT2D eigenvalue weighted by Gasteiger charge is 2.27. The standard InChI is InChI=1S/C22H21ClN2O6/c1-4-31-17(26)11-24-22(28)21(27)20-18(12-5-7-13(23)8-6-12)19-15(25-20)9-14(29-2)10-16(19)30-3/h5-10,25H,4,11H2,1-3H3,(H,24,28).